The van der Waals surface area contributed by atoms with Gasteiger partial charge in [-0.1, -0.05) is 0 Å². The molecule has 9 heteroatoms. The number of hydrogen-bond acceptors (Lipinski definition) is 6. The van der Waals surface area contributed by atoms with Crippen molar-refractivity contribution in [2.24, 2.45) is 0 Å². The lowest BCUT2D eigenvalue weighted by molar-refractivity contribution is 0.0635. The molecule has 0 saturated heterocycles. The Morgan fingerprint density at radius 3 is 2.05 bits per heavy atom. The second-order valence-electron chi connectivity index (χ2n) is 5.27. The lowest BCUT2D eigenvalue weighted by atomic mass is 10.2. The number of rotatable bonds is 4. The van der Waals surface area contributed by atoms with Crippen LogP contribution >= 0.6 is 0 Å². The minimum atomic E-state index is -5.09. The first-order valence-corrected chi connectivity index (χ1v) is 7.57. The highest BCUT2D eigenvalue weighted by Crippen LogP contribution is 2.36. The van der Waals surface area contributed by atoms with Gasteiger partial charge in [0.15, 0.2) is 11.5 Å². The first kappa shape index (κ1) is 18.0. The van der Waals surface area contributed by atoms with Crippen molar-refractivity contribution in [3.63, 3.8) is 0 Å². The molecule has 0 aliphatic rings. The molecule has 124 valence electrons. The summed E-state index contributed by atoms with van der Waals surface area (Å²) in [7, 11) is -2.50. The van der Waals surface area contributed by atoms with Crippen molar-refractivity contribution in [3.05, 3.63) is 12.1 Å². The summed E-state index contributed by atoms with van der Waals surface area (Å²) in [6.45, 7) is 4.90. The van der Waals surface area contributed by atoms with Crippen LogP contribution in [0, 0.1) is 0 Å². The zero-order valence-electron chi connectivity index (χ0n) is 12.9. The second-order valence-corrected chi connectivity index (χ2v) is 6.58. The van der Waals surface area contributed by atoms with E-state index in [2.05, 4.69) is 5.32 Å². The molecule has 0 aromatic heterocycles. The molecule has 0 spiro atoms. The van der Waals surface area contributed by atoms with Crippen LogP contribution in [0.5, 0.6) is 11.5 Å². The molecule has 0 radical (unpaired) electrons. The molecule has 1 aromatic rings. The average molecular weight is 335 g/mol. The van der Waals surface area contributed by atoms with Gasteiger partial charge in [0.25, 0.3) is 0 Å². The summed E-state index contributed by atoms with van der Waals surface area (Å²) in [6, 6.07) is 2.05. The topological polar surface area (TPSA) is 90.9 Å². The van der Waals surface area contributed by atoms with E-state index in [-0.39, 0.29) is 17.2 Å². The van der Waals surface area contributed by atoms with Gasteiger partial charge in [-0.25, -0.2) is 4.79 Å². The smallest absolute Gasteiger partial charge is 0.412 e. The van der Waals surface area contributed by atoms with Gasteiger partial charge in [-0.05, 0) is 20.8 Å². The van der Waals surface area contributed by atoms with E-state index in [0.29, 0.717) is 0 Å². The third kappa shape index (κ3) is 4.76. The van der Waals surface area contributed by atoms with E-state index in [1.54, 1.807) is 20.8 Å². The molecular formula is C13H18FNO6S. The number of halogens is 1. The van der Waals surface area contributed by atoms with Crippen LogP contribution in [-0.2, 0) is 15.0 Å². The fraction of sp³-hybridized carbons (Fsp3) is 0.462. The minimum Gasteiger partial charge on any atom is -0.493 e. The summed E-state index contributed by atoms with van der Waals surface area (Å²) in [5.74, 6) is 0.134. The highest BCUT2D eigenvalue weighted by Gasteiger charge is 2.24. The van der Waals surface area contributed by atoms with Gasteiger partial charge in [0.1, 0.15) is 10.5 Å². The monoisotopic (exact) mass is 335 g/mol. The van der Waals surface area contributed by atoms with E-state index >= 15 is 0 Å². The average Bonchev–Trinajstić information content (AvgIpc) is 2.34. The van der Waals surface area contributed by atoms with Gasteiger partial charge in [-0.2, -0.15) is 8.42 Å². The SMILES string of the molecule is COc1cc(NC(=O)OC(C)(C)C)c(S(=O)(=O)F)cc1OC. The normalized spacial score (nSPS) is 11.7. The highest BCUT2D eigenvalue weighted by atomic mass is 32.3. The van der Waals surface area contributed by atoms with Gasteiger partial charge in [-0.15, -0.1) is 3.89 Å². The Kier molecular flexibility index (Phi) is 5.23. The van der Waals surface area contributed by atoms with Crippen LogP contribution in [0.15, 0.2) is 17.0 Å². The lowest BCUT2D eigenvalue weighted by Crippen LogP contribution is -2.27. The van der Waals surface area contributed by atoms with Crippen molar-refractivity contribution in [1.82, 2.24) is 0 Å². The van der Waals surface area contributed by atoms with E-state index in [0.717, 1.165) is 12.1 Å². The van der Waals surface area contributed by atoms with Crippen LogP contribution in [0.2, 0.25) is 0 Å². The van der Waals surface area contributed by atoms with Gasteiger partial charge >= 0.3 is 16.3 Å². The van der Waals surface area contributed by atoms with Crippen LogP contribution in [0.1, 0.15) is 20.8 Å². The molecule has 1 rings (SSSR count). The lowest BCUT2D eigenvalue weighted by Gasteiger charge is -2.20. The predicted molar refractivity (Wildman–Crippen MR) is 77.7 cm³/mol. The quantitative estimate of drug-likeness (QED) is 0.851. The van der Waals surface area contributed by atoms with Crippen LogP contribution in [0.25, 0.3) is 0 Å². The van der Waals surface area contributed by atoms with Crippen LogP contribution in [0.3, 0.4) is 0 Å². The summed E-state index contributed by atoms with van der Waals surface area (Å²) in [6.07, 6.45) is -0.926. The summed E-state index contributed by atoms with van der Waals surface area (Å²) >= 11 is 0. The summed E-state index contributed by atoms with van der Waals surface area (Å²) in [5.41, 5.74) is -1.11. The van der Waals surface area contributed by atoms with Crippen LogP contribution < -0.4 is 14.8 Å². The number of methoxy groups -OCH3 is 2. The number of nitrogens with one attached hydrogen (secondary N) is 1. The van der Waals surface area contributed by atoms with E-state index < -0.39 is 26.8 Å². The largest absolute Gasteiger partial charge is 0.493 e. The molecule has 0 aliphatic carbocycles. The van der Waals surface area contributed by atoms with Crippen molar-refractivity contribution in [2.45, 2.75) is 31.3 Å². The summed E-state index contributed by atoms with van der Waals surface area (Å²) < 4.78 is 50.8. The molecule has 22 heavy (non-hydrogen) atoms. The van der Waals surface area contributed by atoms with Gasteiger partial charge in [0.05, 0.1) is 19.9 Å². The Morgan fingerprint density at radius 1 is 1.14 bits per heavy atom. The maximum absolute atomic E-state index is 13.4. The fourth-order valence-corrected chi connectivity index (χ4v) is 2.19. The van der Waals surface area contributed by atoms with Gasteiger partial charge in [0.2, 0.25) is 0 Å². The Labute approximate surface area is 128 Å². The van der Waals surface area contributed by atoms with Crippen molar-refractivity contribution < 1.29 is 31.3 Å². The Morgan fingerprint density at radius 2 is 1.64 bits per heavy atom. The number of amides is 1. The zero-order valence-corrected chi connectivity index (χ0v) is 13.7. The minimum absolute atomic E-state index is 0.00784. The Bertz CT molecular complexity index is 666. The third-order valence-corrected chi connectivity index (χ3v) is 3.25. The summed E-state index contributed by atoms with van der Waals surface area (Å²) in [4.78, 5) is 11.0. The van der Waals surface area contributed by atoms with E-state index in [9.17, 15) is 17.1 Å². The van der Waals surface area contributed by atoms with E-state index in [1.807, 2.05) is 0 Å². The van der Waals surface area contributed by atoms with Crippen molar-refractivity contribution in [1.29, 1.82) is 0 Å². The molecule has 1 aromatic carbocycles. The van der Waals surface area contributed by atoms with Gasteiger partial charge < -0.3 is 14.2 Å². The Balaban J connectivity index is 3.30. The number of benzene rings is 1. The van der Waals surface area contributed by atoms with Crippen molar-refractivity contribution in [2.75, 3.05) is 19.5 Å². The third-order valence-electron chi connectivity index (χ3n) is 2.38. The molecule has 1 amide bonds. The van der Waals surface area contributed by atoms with Gasteiger partial charge in [-0.3, -0.25) is 5.32 Å². The number of carbonyl (C=O) groups excluding carboxylic acids is 1. The van der Waals surface area contributed by atoms with E-state index in [4.69, 9.17) is 14.2 Å². The zero-order chi connectivity index (χ0) is 17.1. The number of ether oxygens (including phenoxy) is 3. The first-order valence-electron chi connectivity index (χ1n) is 6.18. The molecule has 0 aliphatic heterocycles. The number of hydrogen-bond donors (Lipinski definition) is 1. The first-order chi connectivity index (χ1) is 9.97. The molecule has 7 nitrogen and oxygen atoms in total. The molecule has 0 fully saturated rings. The van der Waals surface area contributed by atoms with Crippen LogP contribution in [-0.4, -0.2) is 34.3 Å². The number of carbonyl (C=O) groups is 1. The van der Waals surface area contributed by atoms with Crippen molar-refractivity contribution in [3.8, 4) is 11.5 Å². The standard InChI is InChI=1S/C13H18FNO6S/c1-13(2,3)21-12(16)15-8-6-9(19-4)10(20-5)7-11(8)22(14,17)18/h6-7H,1-5H3,(H,15,16). The highest BCUT2D eigenvalue weighted by molar-refractivity contribution is 7.86. The molecule has 0 atom stereocenters. The maximum Gasteiger partial charge on any atom is 0.412 e. The van der Waals surface area contributed by atoms with Crippen LogP contribution in [0.4, 0.5) is 14.4 Å². The molecular weight excluding hydrogens is 317 g/mol. The molecule has 0 unspecified atom stereocenters. The molecule has 1 N–H and O–H groups in total. The maximum atomic E-state index is 13.4. The summed E-state index contributed by atoms with van der Waals surface area (Å²) in [5, 5.41) is 2.18. The molecule has 0 bridgehead atoms. The second kappa shape index (κ2) is 6.39. The molecule has 0 heterocycles. The Hall–Kier alpha value is -2.03. The van der Waals surface area contributed by atoms with E-state index in [1.165, 1.54) is 14.2 Å². The predicted octanol–water partition coefficient (Wildman–Crippen LogP) is 2.71. The molecule has 0 saturated carbocycles. The van der Waals surface area contributed by atoms with Gasteiger partial charge in [0, 0.05) is 12.1 Å². The number of anilines is 1. The van der Waals surface area contributed by atoms with Crippen molar-refractivity contribution >= 4 is 22.0 Å². The fourth-order valence-electron chi connectivity index (χ4n) is 1.57.